The van der Waals surface area contributed by atoms with Crippen molar-refractivity contribution in [1.82, 2.24) is 4.90 Å². The van der Waals surface area contributed by atoms with Gasteiger partial charge in [0.1, 0.15) is 5.92 Å². The van der Waals surface area contributed by atoms with E-state index in [1.807, 2.05) is 18.4 Å². The van der Waals surface area contributed by atoms with Gasteiger partial charge in [-0.1, -0.05) is 0 Å². The molecule has 1 aliphatic rings. The molecule has 2 unspecified atom stereocenters. The van der Waals surface area contributed by atoms with Crippen molar-refractivity contribution in [2.75, 3.05) is 20.3 Å². The van der Waals surface area contributed by atoms with Crippen molar-refractivity contribution in [1.29, 1.82) is 0 Å². The van der Waals surface area contributed by atoms with Crippen LogP contribution in [-0.4, -0.2) is 48.2 Å². The molecule has 0 aromatic carbocycles. The van der Waals surface area contributed by atoms with Crippen LogP contribution in [-0.2, 0) is 14.3 Å². The van der Waals surface area contributed by atoms with Gasteiger partial charge in [-0.25, -0.2) is 0 Å². The number of aliphatic carboxylic acids is 1. The third-order valence-corrected chi connectivity index (χ3v) is 4.48. The fourth-order valence-corrected chi connectivity index (χ4v) is 2.96. The smallest absolute Gasteiger partial charge is 0.311 e. The van der Waals surface area contributed by atoms with Crippen LogP contribution in [0.1, 0.15) is 10.4 Å². The number of hydrogen-bond acceptors (Lipinski definition) is 4. The lowest BCUT2D eigenvalue weighted by molar-refractivity contribution is -0.143. The molecule has 6 heteroatoms. The number of carboxylic acids is 1. The Labute approximate surface area is 121 Å². The first-order valence-corrected chi connectivity index (χ1v) is 7.18. The van der Waals surface area contributed by atoms with Gasteiger partial charge in [0, 0.05) is 18.0 Å². The topological polar surface area (TPSA) is 66.8 Å². The summed E-state index contributed by atoms with van der Waals surface area (Å²) in [5.74, 6) is -1.79. The van der Waals surface area contributed by atoms with Crippen molar-refractivity contribution in [2.24, 2.45) is 5.92 Å². The van der Waals surface area contributed by atoms with Gasteiger partial charge >= 0.3 is 5.97 Å². The number of thiophene rings is 1. The predicted octanol–water partition coefficient (Wildman–Crippen LogP) is 1.63. The number of aryl methyl sites for hydroxylation is 1. The van der Waals surface area contributed by atoms with Gasteiger partial charge in [0.05, 0.1) is 19.3 Å². The molecule has 1 amide bonds. The van der Waals surface area contributed by atoms with Gasteiger partial charge < -0.3 is 14.7 Å². The molecule has 1 aromatic rings. The van der Waals surface area contributed by atoms with Crippen molar-refractivity contribution >= 4 is 29.3 Å². The Kier molecular flexibility index (Phi) is 4.57. The van der Waals surface area contributed by atoms with Crippen LogP contribution >= 0.6 is 11.3 Å². The van der Waals surface area contributed by atoms with Gasteiger partial charge in [-0.3, -0.25) is 9.59 Å². The Morgan fingerprint density at radius 1 is 1.50 bits per heavy atom. The van der Waals surface area contributed by atoms with E-state index in [9.17, 15) is 9.59 Å². The van der Waals surface area contributed by atoms with Crippen molar-refractivity contribution in [2.45, 2.75) is 13.0 Å². The zero-order valence-electron chi connectivity index (χ0n) is 11.4. The van der Waals surface area contributed by atoms with E-state index in [2.05, 4.69) is 0 Å². The third-order valence-electron chi connectivity index (χ3n) is 3.49. The van der Waals surface area contributed by atoms with Crippen LogP contribution < -0.4 is 0 Å². The van der Waals surface area contributed by atoms with Crippen LogP contribution in [0.25, 0.3) is 6.08 Å². The van der Waals surface area contributed by atoms with Crippen LogP contribution in [0.15, 0.2) is 17.5 Å². The van der Waals surface area contributed by atoms with Crippen molar-refractivity contribution < 1.29 is 19.4 Å². The van der Waals surface area contributed by atoms with E-state index in [0.717, 1.165) is 10.4 Å². The standard InChI is InChI=1S/C14H17NO4S/c1-9-5-6-20-12(9)3-4-13(16)15(2)11-8-19-7-10(11)14(17)18/h3-6,10-11H,7-8H2,1-2H3,(H,17,18). The lowest BCUT2D eigenvalue weighted by Gasteiger charge is -2.25. The van der Waals surface area contributed by atoms with Crippen LogP contribution in [0.2, 0.25) is 0 Å². The number of nitrogens with zero attached hydrogens (tertiary/aromatic N) is 1. The average molecular weight is 295 g/mol. The highest BCUT2D eigenvalue weighted by molar-refractivity contribution is 7.11. The van der Waals surface area contributed by atoms with Crippen molar-refractivity contribution in [3.63, 3.8) is 0 Å². The summed E-state index contributed by atoms with van der Waals surface area (Å²) in [5, 5.41) is 11.1. The van der Waals surface area contributed by atoms with Crippen LogP contribution in [0.4, 0.5) is 0 Å². The zero-order chi connectivity index (χ0) is 14.7. The normalized spacial score (nSPS) is 22.3. The van der Waals surface area contributed by atoms with Gasteiger partial charge in [0.2, 0.25) is 5.91 Å². The van der Waals surface area contributed by atoms with E-state index >= 15 is 0 Å². The monoisotopic (exact) mass is 295 g/mol. The Morgan fingerprint density at radius 3 is 2.85 bits per heavy atom. The highest BCUT2D eigenvalue weighted by Gasteiger charge is 2.37. The Morgan fingerprint density at radius 2 is 2.25 bits per heavy atom. The molecule has 1 fully saturated rings. The van der Waals surface area contributed by atoms with E-state index in [-0.39, 0.29) is 19.1 Å². The largest absolute Gasteiger partial charge is 0.481 e. The van der Waals surface area contributed by atoms with Crippen LogP contribution in [0.5, 0.6) is 0 Å². The molecule has 1 saturated heterocycles. The lowest BCUT2D eigenvalue weighted by Crippen LogP contribution is -2.43. The number of ether oxygens (including phenoxy) is 1. The second-order valence-electron chi connectivity index (χ2n) is 4.80. The molecule has 1 N–H and O–H groups in total. The van der Waals surface area contributed by atoms with Crippen molar-refractivity contribution in [3.8, 4) is 0 Å². The molecule has 0 radical (unpaired) electrons. The first-order chi connectivity index (χ1) is 9.50. The minimum Gasteiger partial charge on any atom is -0.481 e. The van der Waals surface area contributed by atoms with E-state index in [1.165, 1.54) is 11.0 Å². The molecule has 2 rings (SSSR count). The summed E-state index contributed by atoms with van der Waals surface area (Å²) in [6.07, 6.45) is 3.25. The van der Waals surface area contributed by atoms with Crippen molar-refractivity contribution in [3.05, 3.63) is 28.0 Å². The molecule has 20 heavy (non-hydrogen) atoms. The summed E-state index contributed by atoms with van der Waals surface area (Å²) < 4.78 is 5.18. The summed E-state index contributed by atoms with van der Waals surface area (Å²) in [7, 11) is 1.61. The molecule has 1 aromatic heterocycles. The molecular formula is C14H17NO4S. The molecule has 2 atom stereocenters. The summed E-state index contributed by atoms with van der Waals surface area (Å²) in [6.45, 7) is 2.41. The molecule has 1 aliphatic heterocycles. The minimum atomic E-state index is -0.926. The number of hydrogen-bond donors (Lipinski definition) is 1. The molecule has 2 heterocycles. The summed E-state index contributed by atoms with van der Waals surface area (Å²) in [4.78, 5) is 25.7. The fraction of sp³-hybridized carbons (Fsp3) is 0.429. The number of carboxylic acid groups (broad SMARTS) is 1. The maximum Gasteiger partial charge on any atom is 0.311 e. The zero-order valence-corrected chi connectivity index (χ0v) is 12.2. The lowest BCUT2D eigenvalue weighted by atomic mass is 10.0. The van der Waals surface area contributed by atoms with E-state index < -0.39 is 17.9 Å². The Hall–Kier alpha value is -1.66. The van der Waals surface area contributed by atoms with Gasteiger partial charge in [-0.2, -0.15) is 0 Å². The van der Waals surface area contributed by atoms with E-state index in [4.69, 9.17) is 9.84 Å². The second kappa shape index (κ2) is 6.19. The van der Waals surface area contributed by atoms with E-state index in [1.54, 1.807) is 24.5 Å². The molecule has 0 saturated carbocycles. The Bertz CT molecular complexity index is 537. The number of carbonyl (C=O) groups excluding carboxylic acids is 1. The molecule has 0 spiro atoms. The number of carbonyl (C=O) groups is 2. The van der Waals surface area contributed by atoms with Gasteiger partial charge in [-0.05, 0) is 30.0 Å². The Balaban J connectivity index is 2.03. The SMILES string of the molecule is Cc1ccsc1C=CC(=O)N(C)C1COCC1C(=O)O. The molecule has 0 aliphatic carbocycles. The molecular weight excluding hydrogens is 278 g/mol. The van der Waals surface area contributed by atoms with Crippen LogP contribution in [0.3, 0.4) is 0 Å². The molecule has 5 nitrogen and oxygen atoms in total. The first-order valence-electron chi connectivity index (χ1n) is 6.30. The quantitative estimate of drug-likeness (QED) is 0.857. The minimum absolute atomic E-state index is 0.158. The maximum absolute atomic E-state index is 12.1. The molecule has 108 valence electrons. The number of likely N-dealkylation sites (N-methyl/N-ethyl adjacent to an activating group) is 1. The highest BCUT2D eigenvalue weighted by Crippen LogP contribution is 2.20. The number of amides is 1. The second-order valence-corrected chi connectivity index (χ2v) is 5.75. The third kappa shape index (κ3) is 3.08. The summed E-state index contributed by atoms with van der Waals surface area (Å²) >= 11 is 1.56. The predicted molar refractivity (Wildman–Crippen MR) is 76.6 cm³/mol. The summed E-state index contributed by atoms with van der Waals surface area (Å²) in [6, 6.07) is 1.58. The summed E-state index contributed by atoms with van der Waals surface area (Å²) in [5.41, 5.74) is 1.12. The number of rotatable bonds is 4. The molecule has 0 bridgehead atoms. The first kappa shape index (κ1) is 14.7. The highest BCUT2D eigenvalue weighted by atomic mass is 32.1. The average Bonchev–Trinajstić information content (AvgIpc) is 3.03. The van der Waals surface area contributed by atoms with Gasteiger partial charge in [0.25, 0.3) is 0 Å². The van der Waals surface area contributed by atoms with Gasteiger partial charge in [-0.15, -0.1) is 11.3 Å². The van der Waals surface area contributed by atoms with E-state index in [0.29, 0.717) is 0 Å². The fourth-order valence-electron chi connectivity index (χ4n) is 2.14. The van der Waals surface area contributed by atoms with Crippen LogP contribution in [0, 0.1) is 12.8 Å². The van der Waals surface area contributed by atoms with Gasteiger partial charge in [0.15, 0.2) is 0 Å². The maximum atomic E-state index is 12.1.